The largest absolute Gasteiger partial charge is 0.355 e. The molecule has 1 aliphatic heterocycles. The molecule has 1 aliphatic rings. The maximum Gasteiger partial charge on any atom is 0.273 e. The Morgan fingerprint density at radius 1 is 1.33 bits per heavy atom. The van der Waals surface area contributed by atoms with Gasteiger partial charge in [-0.05, 0) is 6.42 Å². The lowest BCUT2D eigenvalue weighted by atomic mass is 10.1. The van der Waals surface area contributed by atoms with Crippen molar-refractivity contribution in [2.45, 2.75) is 12.5 Å². The topological polar surface area (TPSA) is 71.3 Å². The highest BCUT2D eigenvalue weighted by Gasteiger charge is 2.26. The van der Waals surface area contributed by atoms with Gasteiger partial charge in [-0.2, -0.15) is 0 Å². The van der Waals surface area contributed by atoms with E-state index in [1.807, 2.05) is 35.7 Å². The monoisotopic (exact) mass is 340 g/mol. The fraction of sp³-hybridized carbons (Fsp3) is 0.235. The summed E-state index contributed by atoms with van der Waals surface area (Å²) in [5, 5.41) is 9.88. The molecule has 24 heavy (non-hydrogen) atoms. The molecule has 0 bridgehead atoms. The first kappa shape index (κ1) is 14.9. The number of benzene rings is 1. The van der Waals surface area contributed by atoms with Crippen LogP contribution in [0.3, 0.4) is 0 Å². The van der Waals surface area contributed by atoms with Crippen LogP contribution >= 0.6 is 11.3 Å². The van der Waals surface area contributed by atoms with Gasteiger partial charge in [0.2, 0.25) is 0 Å². The van der Waals surface area contributed by atoms with Crippen molar-refractivity contribution in [3.8, 4) is 11.3 Å². The molecule has 1 saturated heterocycles. The van der Waals surface area contributed by atoms with Crippen molar-refractivity contribution >= 4 is 22.4 Å². The molecule has 2 aromatic heterocycles. The molecule has 0 unspecified atom stereocenters. The first-order valence-corrected chi connectivity index (χ1v) is 8.65. The van der Waals surface area contributed by atoms with Crippen molar-refractivity contribution in [1.29, 1.82) is 0 Å². The number of carbonyl (C=O) groups excluding carboxylic acids is 1. The molecule has 4 rings (SSSR count). The zero-order valence-electron chi connectivity index (χ0n) is 12.9. The van der Waals surface area contributed by atoms with E-state index in [4.69, 9.17) is 4.52 Å². The van der Waals surface area contributed by atoms with Gasteiger partial charge in [0.25, 0.3) is 5.91 Å². The Morgan fingerprint density at radius 2 is 2.21 bits per heavy atom. The molecule has 1 N–H and O–H groups in total. The lowest BCUT2D eigenvalue weighted by molar-refractivity contribution is 0.0931. The van der Waals surface area contributed by atoms with E-state index in [1.165, 1.54) is 0 Å². The van der Waals surface area contributed by atoms with Crippen molar-refractivity contribution < 1.29 is 9.32 Å². The molecule has 1 atom stereocenters. The van der Waals surface area contributed by atoms with E-state index >= 15 is 0 Å². The van der Waals surface area contributed by atoms with Crippen molar-refractivity contribution in [1.82, 2.24) is 15.5 Å². The molecule has 6 nitrogen and oxygen atoms in total. The second kappa shape index (κ2) is 6.45. The van der Waals surface area contributed by atoms with E-state index in [1.54, 1.807) is 23.6 Å². The Morgan fingerprint density at radius 3 is 3.00 bits per heavy atom. The fourth-order valence-electron chi connectivity index (χ4n) is 2.80. The average molecular weight is 340 g/mol. The number of hydrogen-bond donors (Lipinski definition) is 1. The van der Waals surface area contributed by atoms with Crippen LogP contribution in [0.15, 0.2) is 52.5 Å². The zero-order valence-corrected chi connectivity index (χ0v) is 13.7. The molecule has 1 amide bonds. The first-order chi connectivity index (χ1) is 11.8. The van der Waals surface area contributed by atoms with Gasteiger partial charge in [0.1, 0.15) is 0 Å². The number of nitrogens with one attached hydrogen (secondary N) is 1. The number of carbonyl (C=O) groups is 1. The number of nitrogens with zero attached hydrogens (tertiary/aromatic N) is 3. The highest BCUT2D eigenvalue weighted by atomic mass is 32.1. The number of thiazole rings is 1. The van der Waals surface area contributed by atoms with E-state index in [-0.39, 0.29) is 11.9 Å². The Bertz CT molecular complexity index is 816. The Kier molecular flexibility index (Phi) is 4.00. The molecule has 3 heterocycles. The second-order valence-corrected chi connectivity index (χ2v) is 6.54. The van der Waals surface area contributed by atoms with E-state index < -0.39 is 0 Å². The highest BCUT2D eigenvalue weighted by molar-refractivity contribution is 7.13. The van der Waals surface area contributed by atoms with Crippen LogP contribution in [0.5, 0.6) is 0 Å². The van der Waals surface area contributed by atoms with E-state index in [0.29, 0.717) is 11.5 Å². The first-order valence-electron chi connectivity index (χ1n) is 7.77. The van der Waals surface area contributed by atoms with Gasteiger partial charge in [0.15, 0.2) is 16.6 Å². The van der Waals surface area contributed by atoms with Gasteiger partial charge in [-0.3, -0.25) is 4.79 Å². The molecule has 3 aromatic rings. The summed E-state index contributed by atoms with van der Waals surface area (Å²) < 4.78 is 5.29. The van der Waals surface area contributed by atoms with Crippen LogP contribution in [0.2, 0.25) is 0 Å². The third-order valence-electron chi connectivity index (χ3n) is 4.01. The average Bonchev–Trinajstić information content (AvgIpc) is 3.36. The lowest BCUT2D eigenvalue weighted by Gasteiger charge is -2.15. The number of anilines is 1. The van der Waals surface area contributed by atoms with Crippen LogP contribution in [-0.2, 0) is 0 Å². The number of aromatic nitrogens is 2. The summed E-state index contributed by atoms with van der Waals surface area (Å²) >= 11 is 1.61. The van der Waals surface area contributed by atoms with E-state index in [2.05, 4.69) is 20.4 Å². The van der Waals surface area contributed by atoms with Crippen LogP contribution in [0.25, 0.3) is 11.3 Å². The summed E-state index contributed by atoms with van der Waals surface area (Å²) in [6, 6.07) is 11.4. The predicted octanol–water partition coefficient (Wildman–Crippen LogP) is 2.81. The minimum atomic E-state index is -0.202. The van der Waals surface area contributed by atoms with Gasteiger partial charge < -0.3 is 14.7 Å². The summed E-state index contributed by atoms with van der Waals surface area (Å²) in [4.78, 5) is 18.9. The normalized spacial score (nSPS) is 17.2. The van der Waals surface area contributed by atoms with Crippen LogP contribution in [-0.4, -0.2) is 35.2 Å². The molecule has 0 saturated carbocycles. The van der Waals surface area contributed by atoms with Crippen molar-refractivity contribution in [2.75, 3.05) is 18.0 Å². The molecule has 7 heteroatoms. The molecule has 0 radical (unpaired) electrons. The SMILES string of the molecule is O=C(N[C@H]1CCN(c2nccs2)C1)c1cc(-c2ccccc2)on1. The van der Waals surface area contributed by atoms with Crippen LogP contribution in [0, 0.1) is 0 Å². The Balaban J connectivity index is 1.40. The third kappa shape index (κ3) is 3.03. The van der Waals surface area contributed by atoms with E-state index in [0.717, 1.165) is 30.2 Å². The minimum Gasteiger partial charge on any atom is -0.355 e. The fourth-order valence-corrected chi connectivity index (χ4v) is 3.48. The van der Waals surface area contributed by atoms with Gasteiger partial charge >= 0.3 is 0 Å². The number of rotatable bonds is 4. The molecule has 1 fully saturated rings. The summed E-state index contributed by atoms with van der Waals surface area (Å²) in [7, 11) is 0. The van der Waals surface area contributed by atoms with Crippen molar-refractivity contribution in [3.63, 3.8) is 0 Å². The molecule has 1 aromatic carbocycles. The van der Waals surface area contributed by atoms with Crippen LogP contribution in [0.1, 0.15) is 16.9 Å². The van der Waals surface area contributed by atoms with Gasteiger partial charge in [0, 0.05) is 42.3 Å². The predicted molar refractivity (Wildman–Crippen MR) is 92.1 cm³/mol. The maximum atomic E-state index is 12.4. The van der Waals surface area contributed by atoms with Gasteiger partial charge in [-0.1, -0.05) is 35.5 Å². The standard InChI is InChI=1S/C17H16N4O2S/c22-16(14-10-15(23-20-14)12-4-2-1-3-5-12)19-13-6-8-21(11-13)17-18-7-9-24-17/h1-5,7,9-10,13H,6,8,11H2,(H,19,22)/t13-/m0/s1. The Hall–Kier alpha value is -2.67. The number of amides is 1. The Labute approximate surface area is 143 Å². The highest BCUT2D eigenvalue weighted by Crippen LogP contribution is 2.23. The molecule has 122 valence electrons. The van der Waals surface area contributed by atoms with Crippen molar-refractivity contribution in [3.05, 3.63) is 53.7 Å². The summed E-state index contributed by atoms with van der Waals surface area (Å²) in [6.45, 7) is 1.66. The third-order valence-corrected chi connectivity index (χ3v) is 4.85. The molecule has 0 aliphatic carbocycles. The maximum absolute atomic E-state index is 12.4. The van der Waals surface area contributed by atoms with Crippen molar-refractivity contribution in [2.24, 2.45) is 0 Å². The van der Waals surface area contributed by atoms with Crippen LogP contribution in [0.4, 0.5) is 5.13 Å². The van der Waals surface area contributed by atoms with Gasteiger partial charge in [-0.25, -0.2) is 4.98 Å². The second-order valence-electron chi connectivity index (χ2n) is 5.66. The summed E-state index contributed by atoms with van der Waals surface area (Å²) in [6.07, 6.45) is 2.70. The summed E-state index contributed by atoms with van der Waals surface area (Å²) in [5.41, 5.74) is 1.21. The number of hydrogen-bond acceptors (Lipinski definition) is 6. The minimum absolute atomic E-state index is 0.0956. The zero-order chi connectivity index (χ0) is 16.4. The van der Waals surface area contributed by atoms with Crippen LogP contribution < -0.4 is 10.2 Å². The lowest BCUT2D eigenvalue weighted by Crippen LogP contribution is -2.37. The van der Waals surface area contributed by atoms with Gasteiger partial charge in [0.05, 0.1) is 0 Å². The van der Waals surface area contributed by atoms with E-state index in [9.17, 15) is 4.79 Å². The molecular weight excluding hydrogens is 324 g/mol. The molecule has 0 spiro atoms. The summed E-state index contributed by atoms with van der Waals surface area (Å²) in [5.74, 6) is 0.392. The molecular formula is C17H16N4O2S. The quantitative estimate of drug-likeness (QED) is 0.791. The smallest absolute Gasteiger partial charge is 0.273 e. The van der Waals surface area contributed by atoms with Gasteiger partial charge in [-0.15, -0.1) is 11.3 Å².